The number of nitrogens with zero attached hydrogens (tertiary/aromatic N) is 2. The summed E-state index contributed by atoms with van der Waals surface area (Å²) in [5.41, 5.74) is 0. The summed E-state index contributed by atoms with van der Waals surface area (Å²) >= 11 is 0. The lowest BCUT2D eigenvalue weighted by Gasteiger charge is -2.35. The highest BCUT2D eigenvalue weighted by molar-refractivity contribution is 5.76. The van der Waals surface area contributed by atoms with E-state index in [0.29, 0.717) is 18.2 Å². The van der Waals surface area contributed by atoms with Gasteiger partial charge in [0.25, 0.3) is 0 Å². The molecule has 2 heterocycles. The summed E-state index contributed by atoms with van der Waals surface area (Å²) in [4.78, 5) is 16.5. The molecule has 0 saturated carbocycles. The number of carbonyl (C=O) groups is 1. The van der Waals surface area contributed by atoms with Crippen molar-refractivity contribution < 1.29 is 9.53 Å². The number of rotatable bonds is 6. The van der Waals surface area contributed by atoms with Gasteiger partial charge in [-0.3, -0.25) is 9.69 Å². The van der Waals surface area contributed by atoms with Crippen molar-refractivity contribution >= 4 is 5.91 Å². The van der Waals surface area contributed by atoms with Gasteiger partial charge in [0.15, 0.2) is 0 Å². The maximum Gasteiger partial charge on any atom is 0.222 e. The van der Waals surface area contributed by atoms with Crippen LogP contribution in [0.4, 0.5) is 0 Å². The van der Waals surface area contributed by atoms with Gasteiger partial charge >= 0.3 is 0 Å². The molecule has 1 N–H and O–H groups in total. The summed E-state index contributed by atoms with van der Waals surface area (Å²) in [6.45, 7) is 7.74. The highest BCUT2D eigenvalue weighted by Crippen LogP contribution is 2.15. The van der Waals surface area contributed by atoms with E-state index in [0.717, 1.165) is 58.9 Å². The van der Waals surface area contributed by atoms with E-state index >= 15 is 0 Å². The average Bonchev–Trinajstić information content (AvgIpc) is 2.93. The summed E-state index contributed by atoms with van der Waals surface area (Å²) < 4.78 is 5.42. The first-order valence-corrected chi connectivity index (χ1v) is 7.52. The fourth-order valence-corrected chi connectivity index (χ4v) is 2.85. The molecule has 0 aromatic heterocycles. The van der Waals surface area contributed by atoms with E-state index in [1.165, 1.54) is 6.42 Å². The molecule has 0 spiro atoms. The normalized spacial score (nSPS) is 24.9. The van der Waals surface area contributed by atoms with Crippen LogP contribution < -0.4 is 5.32 Å². The predicted octanol–water partition coefficient (Wildman–Crippen LogP) is 0.167. The maximum absolute atomic E-state index is 12.0. The van der Waals surface area contributed by atoms with Crippen LogP contribution in [0.25, 0.3) is 0 Å². The smallest absolute Gasteiger partial charge is 0.222 e. The second-order valence-corrected chi connectivity index (χ2v) is 5.62. The van der Waals surface area contributed by atoms with Crippen molar-refractivity contribution in [1.29, 1.82) is 0 Å². The third-order valence-electron chi connectivity index (χ3n) is 4.08. The van der Waals surface area contributed by atoms with Crippen molar-refractivity contribution in [2.45, 2.75) is 19.3 Å². The van der Waals surface area contributed by atoms with Gasteiger partial charge in [-0.15, -0.1) is 0 Å². The van der Waals surface area contributed by atoms with Gasteiger partial charge in [-0.1, -0.05) is 0 Å². The van der Waals surface area contributed by atoms with Crippen LogP contribution in [-0.2, 0) is 9.53 Å². The minimum Gasteiger partial charge on any atom is -0.381 e. The first-order valence-electron chi connectivity index (χ1n) is 7.52. The lowest BCUT2D eigenvalue weighted by atomic mass is 10.1. The monoisotopic (exact) mass is 269 g/mol. The molecule has 2 aliphatic rings. The number of hydrogen-bond donors (Lipinski definition) is 1. The number of ether oxygens (including phenoxy) is 1. The Bertz CT molecular complexity index is 272. The molecule has 0 bridgehead atoms. The third-order valence-corrected chi connectivity index (χ3v) is 4.08. The molecule has 110 valence electrons. The van der Waals surface area contributed by atoms with Gasteiger partial charge in [-0.25, -0.2) is 0 Å². The van der Waals surface area contributed by atoms with Crippen LogP contribution in [0.2, 0.25) is 0 Å². The molecule has 2 fully saturated rings. The fourth-order valence-electron chi connectivity index (χ4n) is 2.85. The number of amides is 1. The Labute approximate surface area is 116 Å². The molecule has 19 heavy (non-hydrogen) atoms. The van der Waals surface area contributed by atoms with E-state index in [1.54, 1.807) is 0 Å². The average molecular weight is 269 g/mol. The molecule has 2 rings (SSSR count). The zero-order valence-corrected chi connectivity index (χ0v) is 12.1. The summed E-state index contributed by atoms with van der Waals surface area (Å²) in [6, 6.07) is 0. The van der Waals surface area contributed by atoms with Crippen molar-refractivity contribution in [3.63, 3.8) is 0 Å². The zero-order valence-electron chi connectivity index (χ0n) is 12.1. The Balaban J connectivity index is 1.62. The standard InChI is InChI=1S/C14H27N3O2/c1-15-5-2-3-14(18)17-8-6-16(7-9-17)11-13-4-10-19-12-13/h13,15H,2-12H2,1H3. The third kappa shape index (κ3) is 4.75. The molecule has 0 radical (unpaired) electrons. The van der Waals surface area contributed by atoms with Crippen molar-refractivity contribution in [1.82, 2.24) is 15.1 Å². The van der Waals surface area contributed by atoms with Crippen LogP contribution in [0.5, 0.6) is 0 Å². The van der Waals surface area contributed by atoms with Crippen LogP contribution >= 0.6 is 0 Å². The summed E-state index contributed by atoms with van der Waals surface area (Å²) in [6.07, 6.45) is 2.81. The van der Waals surface area contributed by atoms with E-state index in [-0.39, 0.29) is 0 Å². The fraction of sp³-hybridized carbons (Fsp3) is 0.929. The van der Waals surface area contributed by atoms with Crippen LogP contribution in [0.1, 0.15) is 19.3 Å². The Morgan fingerprint density at radius 1 is 1.32 bits per heavy atom. The zero-order chi connectivity index (χ0) is 13.5. The van der Waals surface area contributed by atoms with Gasteiger partial charge in [0.1, 0.15) is 0 Å². The number of carbonyl (C=O) groups excluding carboxylic acids is 1. The van der Waals surface area contributed by atoms with E-state index in [4.69, 9.17) is 4.74 Å². The minimum atomic E-state index is 0.319. The van der Waals surface area contributed by atoms with Crippen molar-refractivity contribution in [3.05, 3.63) is 0 Å². The largest absolute Gasteiger partial charge is 0.381 e. The minimum absolute atomic E-state index is 0.319. The molecule has 5 heteroatoms. The van der Waals surface area contributed by atoms with Gasteiger partial charge in [0.2, 0.25) is 5.91 Å². The number of piperazine rings is 1. The molecular weight excluding hydrogens is 242 g/mol. The number of nitrogens with one attached hydrogen (secondary N) is 1. The molecular formula is C14H27N3O2. The lowest BCUT2D eigenvalue weighted by Crippen LogP contribution is -2.49. The molecule has 1 unspecified atom stereocenters. The van der Waals surface area contributed by atoms with Gasteiger partial charge in [0.05, 0.1) is 6.61 Å². The first kappa shape index (κ1) is 14.8. The first-order chi connectivity index (χ1) is 9.29. The van der Waals surface area contributed by atoms with Crippen LogP contribution in [0.3, 0.4) is 0 Å². The van der Waals surface area contributed by atoms with Gasteiger partial charge in [0, 0.05) is 45.8 Å². The Kier molecular flexibility index (Phi) is 6.07. The Morgan fingerprint density at radius 3 is 2.74 bits per heavy atom. The van der Waals surface area contributed by atoms with Gasteiger partial charge in [-0.05, 0) is 32.4 Å². The Hall–Kier alpha value is -0.650. The Morgan fingerprint density at radius 2 is 2.11 bits per heavy atom. The summed E-state index contributed by atoms with van der Waals surface area (Å²) in [5.74, 6) is 1.02. The molecule has 1 amide bonds. The van der Waals surface area contributed by atoms with Crippen LogP contribution in [-0.4, -0.2) is 75.2 Å². The molecule has 0 aliphatic carbocycles. The van der Waals surface area contributed by atoms with Crippen molar-refractivity contribution in [3.8, 4) is 0 Å². The lowest BCUT2D eigenvalue weighted by molar-refractivity contribution is -0.133. The number of hydrogen-bond acceptors (Lipinski definition) is 4. The van der Waals surface area contributed by atoms with Crippen LogP contribution in [0.15, 0.2) is 0 Å². The van der Waals surface area contributed by atoms with Crippen molar-refractivity contribution in [2.24, 2.45) is 5.92 Å². The highest BCUT2D eigenvalue weighted by atomic mass is 16.5. The topological polar surface area (TPSA) is 44.8 Å². The molecule has 2 aliphatic heterocycles. The maximum atomic E-state index is 12.0. The molecule has 2 saturated heterocycles. The SMILES string of the molecule is CNCCCC(=O)N1CCN(CC2CCOC2)CC1. The molecule has 0 aromatic carbocycles. The van der Waals surface area contributed by atoms with E-state index in [2.05, 4.69) is 10.2 Å². The van der Waals surface area contributed by atoms with E-state index < -0.39 is 0 Å². The van der Waals surface area contributed by atoms with Crippen molar-refractivity contribution in [2.75, 3.05) is 59.5 Å². The van der Waals surface area contributed by atoms with Gasteiger partial charge < -0.3 is 15.0 Å². The molecule has 5 nitrogen and oxygen atoms in total. The second kappa shape index (κ2) is 7.82. The van der Waals surface area contributed by atoms with Gasteiger partial charge in [-0.2, -0.15) is 0 Å². The summed E-state index contributed by atoms with van der Waals surface area (Å²) in [5, 5.41) is 3.08. The highest BCUT2D eigenvalue weighted by Gasteiger charge is 2.24. The predicted molar refractivity (Wildman–Crippen MR) is 75.1 cm³/mol. The quantitative estimate of drug-likeness (QED) is 0.698. The van der Waals surface area contributed by atoms with Crippen LogP contribution in [0, 0.1) is 5.92 Å². The summed E-state index contributed by atoms with van der Waals surface area (Å²) in [7, 11) is 1.93. The van der Waals surface area contributed by atoms with E-state index in [9.17, 15) is 4.79 Å². The second-order valence-electron chi connectivity index (χ2n) is 5.62. The molecule has 0 aromatic rings. The van der Waals surface area contributed by atoms with E-state index in [1.807, 2.05) is 11.9 Å². The molecule has 1 atom stereocenters.